The van der Waals surface area contributed by atoms with Crippen LogP contribution in [0.3, 0.4) is 0 Å². The number of fused-ring (bicyclic) bond motifs is 1. The zero-order valence-electron chi connectivity index (χ0n) is 21.3. The number of hydrogen-bond donors (Lipinski definition) is 1. The van der Waals surface area contributed by atoms with Gasteiger partial charge >= 0.3 is 5.97 Å². The molecule has 0 saturated carbocycles. The van der Waals surface area contributed by atoms with Crippen molar-refractivity contribution in [1.29, 1.82) is 0 Å². The largest absolute Gasteiger partial charge is 0.871 e. The summed E-state index contributed by atoms with van der Waals surface area (Å²) < 4.78 is 11.7. The molecule has 4 rings (SSSR count). The third-order valence-electron chi connectivity index (χ3n) is 6.90. The molecule has 10 heteroatoms. The van der Waals surface area contributed by atoms with Gasteiger partial charge in [0.2, 0.25) is 5.69 Å². The number of allylic oxidation sites excluding steroid dienone is 3. The SMILES string of the molecule is COc1ccc(C2=C([O-])C(=CC3=[N+](CCCCCC(=O)O)c4ccc(SOO[O-])cc4C3(C)C)C2=O)cc1. The zero-order chi connectivity index (χ0) is 27.4. The van der Waals surface area contributed by atoms with E-state index in [2.05, 4.69) is 13.9 Å². The lowest BCUT2D eigenvalue weighted by Gasteiger charge is -2.31. The van der Waals surface area contributed by atoms with Crippen LogP contribution in [-0.4, -0.2) is 40.8 Å². The molecular formula is C28H28NO8S-. The molecule has 1 aliphatic carbocycles. The Hall–Kier alpha value is -3.44. The maximum atomic E-state index is 13.1. The predicted molar refractivity (Wildman–Crippen MR) is 136 cm³/mol. The Morgan fingerprint density at radius 1 is 1.13 bits per heavy atom. The first-order chi connectivity index (χ1) is 18.2. The van der Waals surface area contributed by atoms with Crippen molar-refractivity contribution in [1.82, 2.24) is 0 Å². The molecule has 0 bridgehead atoms. The molecular weight excluding hydrogens is 510 g/mol. The highest BCUT2D eigenvalue weighted by atomic mass is 32.2. The monoisotopic (exact) mass is 538 g/mol. The summed E-state index contributed by atoms with van der Waals surface area (Å²) >= 11 is 0.794. The number of carbonyl (C=O) groups excluding carboxylic acids is 1. The number of aliphatic carboxylic acids is 1. The summed E-state index contributed by atoms with van der Waals surface area (Å²) in [6, 6.07) is 12.4. The van der Waals surface area contributed by atoms with Crippen molar-refractivity contribution >= 4 is 40.8 Å². The molecule has 0 aromatic heterocycles. The Balaban J connectivity index is 1.70. The number of ether oxygens (including phenoxy) is 1. The number of methoxy groups -OCH3 is 1. The molecule has 2 aliphatic rings. The molecule has 0 fully saturated rings. The van der Waals surface area contributed by atoms with Crippen molar-refractivity contribution in [3.63, 3.8) is 0 Å². The third-order valence-corrected chi connectivity index (χ3v) is 7.47. The quantitative estimate of drug-likeness (QED) is 0.108. The zero-order valence-corrected chi connectivity index (χ0v) is 22.1. The van der Waals surface area contributed by atoms with Crippen LogP contribution in [0.2, 0.25) is 0 Å². The van der Waals surface area contributed by atoms with E-state index in [1.54, 1.807) is 43.5 Å². The van der Waals surface area contributed by atoms with E-state index in [-0.39, 0.29) is 29.1 Å². The highest BCUT2D eigenvalue weighted by Crippen LogP contribution is 2.44. The maximum absolute atomic E-state index is 13.1. The van der Waals surface area contributed by atoms with E-state index in [4.69, 9.17) is 9.84 Å². The van der Waals surface area contributed by atoms with E-state index < -0.39 is 11.4 Å². The molecule has 38 heavy (non-hydrogen) atoms. The lowest BCUT2D eigenvalue weighted by Crippen LogP contribution is -2.33. The van der Waals surface area contributed by atoms with Gasteiger partial charge in [0.05, 0.1) is 24.6 Å². The molecule has 1 aliphatic heterocycles. The summed E-state index contributed by atoms with van der Waals surface area (Å²) in [5.41, 5.74) is 2.89. The predicted octanol–water partition coefficient (Wildman–Crippen LogP) is 3.23. The topological polar surface area (TPSA) is 131 Å². The summed E-state index contributed by atoms with van der Waals surface area (Å²) in [5, 5.41) is 35.8. The minimum absolute atomic E-state index is 0.109. The van der Waals surface area contributed by atoms with Crippen molar-refractivity contribution in [2.24, 2.45) is 0 Å². The van der Waals surface area contributed by atoms with Gasteiger partial charge < -0.3 is 20.2 Å². The lowest BCUT2D eigenvalue weighted by atomic mass is 9.77. The van der Waals surface area contributed by atoms with Gasteiger partial charge in [0.15, 0.2) is 11.5 Å². The van der Waals surface area contributed by atoms with Crippen LogP contribution in [0.15, 0.2) is 64.8 Å². The molecule has 0 unspecified atom stereocenters. The van der Waals surface area contributed by atoms with Crippen molar-refractivity contribution in [3.05, 3.63) is 71.0 Å². The highest BCUT2D eigenvalue weighted by molar-refractivity contribution is 7.94. The minimum atomic E-state index is -0.824. The van der Waals surface area contributed by atoms with Gasteiger partial charge in [-0.25, -0.2) is 0 Å². The summed E-state index contributed by atoms with van der Waals surface area (Å²) in [6.45, 7) is 4.59. The van der Waals surface area contributed by atoms with E-state index in [1.807, 2.05) is 26.0 Å². The Kier molecular flexibility index (Phi) is 8.37. The van der Waals surface area contributed by atoms with E-state index in [9.17, 15) is 20.0 Å². The second-order valence-electron chi connectivity index (χ2n) is 9.58. The van der Waals surface area contributed by atoms with Gasteiger partial charge in [-0.3, -0.25) is 14.6 Å². The molecule has 0 atom stereocenters. The molecule has 0 radical (unpaired) electrons. The van der Waals surface area contributed by atoms with Crippen LogP contribution in [0.1, 0.15) is 50.7 Å². The first-order valence-corrected chi connectivity index (χ1v) is 12.9. The number of ketones is 1. The van der Waals surface area contributed by atoms with Crippen LogP contribution >= 0.6 is 12.0 Å². The van der Waals surface area contributed by atoms with E-state index in [0.29, 0.717) is 29.2 Å². The van der Waals surface area contributed by atoms with Crippen LogP contribution in [-0.2, 0) is 24.4 Å². The average molecular weight is 539 g/mol. The Morgan fingerprint density at radius 2 is 1.87 bits per heavy atom. The number of rotatable bonds is 12. The summed E-state index contributed by atoms with van der Waals surface area (Å²) in [4.78, 5) is 24.7. The number of unbranched alkanes of at least 4 members (excludes halogenated alkanes) is 2. The first-order valence-electron chi connectivity index (χ1n) is 12.2. The van der Waals surface area contributed by atoms with E-state index >= 15 is 0 Å². The van der Waals surface area contributed by atoms with Crippen molar-refractivity contribution in [3.8, 4) is 5.75 Å². The molecule has 1 heterocycles. The number of nitrogens with zero attached hydrogens (tertiary/aromatic N) is 1. The van der Waals surface area contributed by atoms with Gasteiger partial charge in [-0.15, -0.1) is 0 Å². The standard InChI is InChI=1S/C28H29NO8S/c1-28(2)21-15-19(38-37-36-34)12-13-22(21)29(14-6-4-5-7-24(30)31)23(28)16-20-26(32)25(27(20)33)17-8-10-18(35-3)11-9-17/h8-13,15-16H,4-7,14H2,1-3H3,(H2-,30,31,32,34)/p-1. The summed E-state index contributed by atoms with van der Waals surface area (Å²) in [7, 11) is 1.55. The first kappa shape index (κ1) is 27.6. The summed E-state index contributed by atoms with van der Waals surface area (Å²) in [5.74, 6) is -0.805. The van der Waals surface area contributed by atoms with Gasteiger partial charge in [0.1, 0.15) is 12.3 Å². The molecule has 1 N–H and O–H groups in total. The fourth-order valence-electron chi connectivity index (χ4n) is 4.88. The Morgan fingerprint density at radius 3 is 2.50 bits per heavy atom. The molecule has 9 nitrogen and oxygen atoms in total. The summed E-state index contributed by atoms with van der Waals surface area (Å²) in [6.07, 6.45) is 3.80. The maximum Gasteiger partial charge on any atom is 0.303 e. The second kappa shape index (κ2) is 11.5. The molecule has 2 aromatic carbocycles. The van der Waals surface area contributed by atoms with Crippen LogP contribution < -0.4 is 15.1 Å². The van der Waals surface area contributed by atoms with Gasteiger partial charge in [-0.05, 0) is 56.5 Å². The molecule has 200 valence electrons. The normalized spacial score (nSPS) is 17.2. The van der Waals surface area contributed by atoms with Crippen LogP contribution in [0, 0.1) is 0 Å². The fourth-order valence-corrected chi connectivity index (χ4v) is 5.28. The Labute approximate surface area is 224 Å². The van der Waals surface area contributed by atoms with Crippen molar-refractivity contribution in [2.75, 3.05) is 13.7 Å². The van der Waals surface area contributed by atoms with Crippen molar-refractivity contribution in [2.45, 2.75) is 49.8 Å². The van der Waals surface area contributed by atoms with Gasteiger partial charge in [0, 0.05) is 46.6 Å². The number of carboxylic acid groups (broad SMARTS) is 1. The van der Waals surface area contributed by atoms with Gasteiger partial charge in [0.25, 0.3) is 0 Å². The smallest absolute Gasteiger partial charge is 0.303 e. The number of Topliss-reactive ketones (excluding diaryl/α,β-unsaturated/α-hetero) is 1. The lowest BCUT2D eigenvalue weighted by molar-refractivity contribution is -0.777. The minimum Gasteiger partial charge on any atom is -0.871 e. The highest BCUT2D eigenvalue weighted by Gasteiger charge is 2.45. The van der Waals surface area contributed by atoms with Gasteiger partial charge in [-0.1, -0.05) is 17.9 Å². The van der Waals surface area contributed by atoms with Crippen LogP contribution in [0.4, 0.5) is 5.69 Å². The molecule has 0 amide bonds. The van der Waals surface area contributed by atoms with E-state index in [1.165, 1.54) is 0 Å². The molecule has 0 spiro atoms. The Bertz CT molecular complexity index is 1340. The number of benzene rings is 2. The number of carboxylic acids is 1. The van der Waals surface area contributed by atoms with Crippen LogP contribution in [0.5, 0.6) is 5.75 Å². The fraction of sp³-hybridized carbons (Fsp3) is 0.321. The number of hydrogen-bond acceptors (Lipinski definition) is 8. The molecule has 0 saturated heterocycles. The van der Waals surface area contributed by atoms with Crippen molar-refractivity contribution < 1.29 is 43.7 Å². The third kappa shape index (κ3) is 5.39. The second-order valence-corrected chi connectivity index (χ2v) is 10.4. The molecule has 2 aromatic rings. The van der Waals surface area contributed by atoms with Gasteiger partial charge in [-0.2, -0.15) is 8.91 Å². The van der Waals surface area contributed by atoms with E-state index in [0.717, 1.165) is 41.8 Å². The average Bonchev–Trinajstić information content (AvgIpc) is 3.11. The number of carbonyl (C=O) groups is 2. The van der Waals surface area contributed by atoms with Crippen LogP contribution in [0.25, 0.3) is 5.57 Å².